The standard InChI is InChI=1S/C21H19BrN2O7/c1-11(2)24(23-21(28)29-3)19(26)17-15-8-9-16(31-15)18(17)20(27)30-10-14(25)12-4-6-13(22)7-5-12/h4-9,11H,10H2,1-3H3,(H,23,28). The topological polar surface area (TPSA) is 115 Å². The van der Waals surface area contributed by atoms with Gasteiger partial charge in [0.1, 0.15) is 22.3 Å². The Kier molecular flexibility index (Phi) is 6.59. The molecule has 0 aliphatic heterocycles. The number of carbonyl (C=O) groups is 4. The molecule has 3 rings (SSSR count). The van der Waals surface area contributed by atoms with Gasteiger partial charge in [-0.1, -0.05) is 28.1 Å². The number of hydrogen-bond acceptors (Lipinski definition) is 7. The number of halogens is 1. The van der Waals surface area contributed by atoms with Crippen LogP contribution in [0.1, 0.15) is 44.9 Å². The maximum absolute atomic E-state index is 13.1. The van der Waals surface area contributed by atoms with E-state index in [4.69, 9.17) is 9.15 Å². The smallest absolute Gasteiger partial charge is 0.425 e. The molecule has 0 aliphatic rings. The third-order valence-corrected chi connectivity index (χ3v) is 4.93. The van der Waals surface area contributed by atoms with Crippen molar-refractivity contribution in [1.29, 1.82) is 0 Å². The van der Waals surface area contributed by atoms with Crippen molar-refractivity contribution in [1.82, 2.24) is 10.4 Å². The number of furan rings is 2. The average molecular weight is 491 g/mol. The Balaban J connectivity index is 1.82. The Hall–Kier alpha value is -3.40. The summed E-state index contributed by atoms with van der Waals surface area (Å²) in [6.45, 7) is 2.84. The molecule has 0 spiro atoms. The molecular weight excluding hydrogens is 472 g/mol. The van der Waals surface area contributed by atoms with Gasteiger partial charge in [0.15, 0.2) is 12.4 Å². The van der Waals surface area contributed by atoms with Crippen LogP contribution >= 0.6 is 15.9 Å². The lowest BCUT2D eigenvalue weighted by molar-refractivity contribution is 0.0464. The van der Waals surface area contributed by atoms with Gasteiger partial charge in [-0.2, -0.15) is 0 Å². The lowest BCUT2D eigenvalue weighted by Gasteiger charge is -2.26. The number of fused-ring (bicyclic) bond motifs is 2. The molecule has 0 saturated carbocycles. The molecule has 2 heterocycles. The van der Waals surface area contributed by atoms with Crippen LogP contribution in [-0.4, -0.2) is 48.5 Å². The van der Waals surface area contributed by atoms with Crippen LogP contribution in [0.3, 0.4) is 0 Å². The number of ether oxygens (including phenoxy) is 2. The molecule has 1 aromatic carbocycles. The van der Waals surface area contributed by atoms with Crippen LogP contribution in [-0.2, 0) is 9.47 Å². The Bertz CT molecular complexity index is 1120. The molecule has 0 unspecified atom stereocenters. The molecule has 0 fully saturated rings. The largest absolute Gasteiger partial charge is 0.456 e. The number of nitrogens with zero attached hydrogens (tertiary/aromatic N) is 1. The molecule has 0 atom stereocenters. The highest BCUT2D eigenvalue weighted by Crippen LogP contribution is 2.30. The van der Waals surface area contributed by atoms with Crippen molar-refractivity contribution in [2.24, 2.45) is 0 Å². The molecular formula is C21H19BrN2O7. The molecule has 1 N–H and O–H groups in total. The summed E-state index contributed by atoms with van der Waals surface area (Å²) >= 11 is 3.28. The zero-order valence-electron chi connectivity index (χ0n) is 16.9. The van der Waals surface area contributed by atoms with E-state index in [9.17, 15) is 19.2 Å². The van der Waals surface area contributed by atoms with Gasteiger partial charge < -0.3 is 13.9 Å². The number of nitrogens with one attached hydrogen (secondary N) is 1. The quantitative estimate of drug-likeness (QED) is 0.317. The molecule has 2 aromatic heterocycles. The summed E-state index contributed by atoms with van der Waals surface area (Å²) in [5, 5.41) is 1.02. The van der Waals surface area contributed by atoms with E-state index in [1.165, 1.54) is 12.1 Å². The highest BCUT2D eigenvalue weighted by molar-refractivity contribution is 9.10. The zero-order valence-corrected chi connectivity index (χ0v) is 18.5. The maximum Gasteiger partial charge on any atom is 0.425 e. The first-order chi connectivity index (χ1) is 14.7. The predicted molar refractivity (Wildman–Crippen MR) is 113 cm³/mol. The number of benzene rings is 2. The molecule has 0 saturated heterocycles. The number of esters is 1. The lowest BCUT2D eigenvalue weighted by Crippen LogP contribution is -2.50. The molecule has 0 radical (unpaired) electrons. The zero-order chi connectivity index (χ0) is 22.7. The van der Waals surface area contributed by atoms with Crippen molar-refractivity contribution in [2.45, 2.75) is 19.9 Å². The van der Waals surface area contributed by atoms with Crippen molar-refractivity contribution >= 4 is 50.8 Å². The fourth-order valence-corrected chi connectivity index (χ4v) is 3.13. The van der Waals surface area contributed by atoms with Gasteiger partial charge in [-0.05, 0) is 38.1 Å². The van der Waals surface area contributed by atoms with E-state index in [0.717, 1.165) is 16.6 Å². The summed E-state index contributed by atoms with van der Waals surface area (Å²) in [4.78, 5) is 49.8. The minimum atomic E-state index is -0.884. The van der Waals surface area contributed by atoms with Crippen LogP contribution in [0.15, 0.2) is 45.3 Å². The minimum Gasteiger partial charge on any atom is -0.456 e. The SMILES string of the molecule is COC(=O)NN(C(=O)c1c(C(=O)OCC(=O)c2ccc(Br)cc2)c2ccc1o2)C(C)C. The molecule has 10 heteroatoms. The van der Waals surface area contributed by atoms with E-state index >= 15 is 0 Å². The summed E-state index contributed by atoms with van der Waals surface area (Å²) in [5.41, 5.74) is 2.81. The Labute approximate surface area is 185 Å². The number of rotatable bonds is 6. The summed E-state index contributed by atoms with van der Waals surface area (Å²) in [5.74, 6) is -1.96. The van der Waals surface area contributed by atoms with Crippen molar-refractivity contribution in [3.8, 4) is 0 Å². The van der Waals surface area contributed by atoms with Crippen LogP contribution in [0.4, 0.5) is 4.79 Å². The van der Waals surface area contributed by atoms with Gasteiger partial charge >= 0.3 is 12.1 Å². The van der Waals surface area contributed by atoms with Crippen molar-refractivity contribution in [2.75, 3.05) is 13.7 Å². The molecule has 31 heavy (non-hydrogen) atoms. The third kappa shape index (κ3) is 4.69. The first-order valence-electron chi connectivity index (χ1n) is 9.21. The van der Waals surface area contributed by atoms with Gasteiger partial charge in [0.2, 0.25) is 0 Å². The number of ketones is 1. The molecule has 3 aromatic rings. The van der Waals surface area contributed by atoms with Crippen LogP contribution in [0, 0.1) is 0 Å². The Morgan fingerprint density at radius 1 is 1.03 bits per heavy atom. The number of Topliss-reactive ketones (excluding diaryl/α,β-unsaturated/α-hetero) is 1. The maximum atomic E-state index is 13.1. The van der Waals surface area contributed by atoms with Gasteiger partial charge in [0.05, 0.1) is 7.11 Å². The highest BCUT2D eigenvalue weighted by atomic mass is 79.9. The van der Waals surface area contributed by atoms with Gasteiger partial charge in [-0.15, -0.1) is 0 Å². The van der Waals surface area contributed by atoms with Gasteiger partial charge in [0, 0.05) is 16.1 Å². The average Bonchev–Trinajstić information content (AvgIpc) is 3.37. The number of hydrogen-bond donors (Lipinski definition) is 1. The Morgan fingerprint density at radius 3 is 2.23 bits per heavy atom. The Morgan fingerprint density at radius 2 is 1.65 bits per heavy atom. The summed E-state index contributed by atoms with van der Waals surface area (Å²) in [6.07, 6.45) is -0.843. The van der Waals surface area contributed by atoms with E-state index in [1.807, 2.05) is 0 Å². The second-order valence-corrected chi connectivity index (χ2v) is 7.71. The first-order valence-corrected chi connectivity index (χ1v) is 10.0. The van der Waals surface area contributed by atoms with Crippen molar-refractivity contribution < 1.29 is 33.1 Å². The molecule has 2 bridgehead atoms. The first kappa shape index (κ1) is 22.3. The number of hydrazine groups is 1. The van der Waals surface area contributed by atoms with E-state index in [0.29, 0.717) is 5.56 Å². The summed E-state index contributed by atoms with van der Waals surface area (Å²) < 4.78 is 16.0. The van der Waals surface area contributed by atoms with E-state index < -0.39 is 36.4 Å². The van der Waals surface area contributed by atoms with Crippen LogP contribution in [0.25, 0.3) is 11.2 Å². The van der Waals surface area contributed by atoms with Gasteiger partial charge in [-0.3, -0.25) is 9.59 Å². The monoisotopic (exact) mass is 490 g/mol. The minimum absolute atomic E-state index is 0.0660. The number of carbonyl (C=O) groups excluding carboxylic acids is 4. The van der Waals surface area contributed by atoms with E-state index in [-0.39, 0.29) is 22.3 Å². The fraction of sp³-hybridized carbons (Fsp3) is 0.238. The van der Waals surface area contributed by atoms with E-state index in [1.54, 1.807) is 38.1 Å². The highest BCUT2D eigenvalue weighted by Gasteiger charge is 2.33. The van der Waals surface area contributed by atoms with Crippen LogP contribution < -0.4 is 5.43 Å². The van der Waals surface area contributed by atoms with Crippen LogP contribution in [0.5, 0.6) is 0 Å². The molecule has 9 nitrogen and oxygen atoms in total. The second kappa shape index (κ2) is 9.17. The molecule has 162 valence electrons. The predicted octanol–water partition coefficient (Wildman–Crippen LogP) is 3.79. The number of methoxy groups -OCH3 is 1. The fourth-order valence-electron chi connectivity index (χ4n) is 2.87. The van der Waals surface area contributed by atoms with E-state index in [2.05, 4.69) is 26.1 Å². The lowest BCUT2D eigenvalue weighted by atomic mass is 10.1. The van der Waals surface area contributed by atoms with Crippen molar-refractivity contribution in [3.63, 3.8) is 0 Å². The normalized spacial score (nSPS) is 10.9. The van der Waals surface area contributed by atoms with Crippen LogP contribution in [0.2, 0.25) is 0 Å². The molecule has 0 aliphatic carbocycles. The third-order valence-electron chi connectivity index (χ3n) is 4.40. The van der Waals surface area contributed by atoms with Crippen molar-refractivity contribution in [3.05, 3.63) is 57.6 Å². The second-order valence-electron chi connectivity index (χ2n) is 6.79. The number of amides is 2. The van der Waals surface area contributed by atoms with Gasteiger partial charge in [0.25, 0.3) is 5.91 Å². The van der Waals surface area contributed by atoms with Gasteiger partial charge in [-0.25, -0.2) is 20.0 Å². The summed E-state index contributed by atoms with van der Waals surface area (Å²) in [6, 6.07) is 9.19. The molecule has 2 amide bonds. The summed E-state index contributed by atoms with van der Waals surface area (Å²) in [7, 11) is 1.16.